The lowest BCUT2D eigenvalue weighted by Gasteiger charge is -2.31. The van der Waals surface area contributed by atoms with Gasteiger partial charge in [0, 0.05) is 12.6 Å². The third-order valence-corrected chi connectivity index (χ3v) is 5.22. The molecule has 0 aromatic carbocycles. The van der Waals surface area contributed by atoms with E-state index in [1.807, 2.05) is 0 Å². The molecule has 0 bridgehead atoms. The zero-order valence-corrected chi connectivity index (χ0v) is 15.3. The van der Waals surface area contributed by atoms with E-state index in [9.17, 15) is 5.11 Å². The summed E-state index contributed by atoms with van der Waals surface area (Å²) < 4.78 is 0. The van der Waals surface area contributed by atoms with Crippen LogP contribution in [0.25, 0.3) is 0 Å². The minimum absolute atomic E-state index is 0.107. The summed E-state index contributed by atoms with van der Waals surface area (Å²) >= 11 is 1.68. The third kappa shape index (κ3) is 4.68. The largest absolute Gasteiger partial charge is 0.391 e. The van der Waals surface area contributed by atoms with Crippen LogP contribution in [0.15, 0.2) is 0 Å². The van der Waals surface area contributed by atoms with Crippen molar-refractivity contribution in [3.8, 4) is 0 Å². The Morgan fingerprint density at radius 2 is 1.71 bits per heavy atom. The standard InChI is InChI=1S/C17H32N2OS/c1-7-13(6)16-15(11-20)21-17(18-16)19(10-12(4)5)14(8-2)9-3/h12-14,20H,7-11H2,1-6H3. The number of thiazole rings is 1. The average molecular weight is 313 g/mol. The molecule has 122 valence electrons. The number of nitrogens with zero attached hydrogens (tertiary/aromatic N) is 2. The van der Waals surface area contributed by atoms with Gasteiger partial charge in [-0.15, -0.1) is 0 Å². The van der Waals surface area contributed by atoms with Crippen molar-refractivity contribution in [1.29, 1.82) is 0 Å². The molecular formula is C17H32N2OS. The Kier molecular flexibility index (Phi) is 7.67. The molecule has 0 radical (unpaired) electrons. The van der Waals surface area contributed by atoms with Crippen LogP contribution in [0.2, 0.25) is 0 Å². The second kappa shape index (κ2) is 8.74. The molecule has 0 spiro atoms. The zero-order chi connectivity index (χ0) is 16.0. The van der Waals surface area contributed by atoms with Gasteiger partial charge >= 0.3 is 0 Å². The van der Waals surface area contributed by atoms with E-state index in [1.165, 1.54) is 0 Å². The van der Waals surface area contributed by atoms with Crippen LogP contribution in [0.1, 0.15) is 77.3 Å². The number of anilines is 1. The molecular weight excluding hydrogens is 280 g/mol. The number of aromatic nitrogens is 1. The highest BCUT2D eigenvalue weighted by Crippen LogP contribution is 2.34. The maximum atomic E-state index is 9.64. The van der Waals surface area contributed by atoms with Gasteiger partial charge in [-0.05, 0) is 31.1 Å². The molecule has 1 rings (SSSR count). The number of hydrogen-bond donors (Lipinski definition) is 1. The van der Waals surface area contributed by atoms with E-state index in [4.69, 9.17) is 4.98 Å². The van der Waals surface area contributed by atoms with Crippen LogP contribution < -0.4 is 4.90 Å². The number of aliphatic hydroxyl groups is 1. The molecule has 1 aromatic rings. The van der Waals surface area contributed by atoms with Crippen molar-refractivity contribution < 1.29 is 5.11 Å². The fraction of sp³-hybridized carbons (Fsp3) is 0.824. The lowest BCUT2D eigenvalue weighted by atomic mass is 10.0. The average Bonchev–Trinajstić information content (AvgIpc) is 2.90. The Hall–Kier alpha value is -0.610. The number of hydrogen-bond acceptors (Lipinski definition) is 4. The Morgan fingerprint density at radius 1 is 1.10 bits per heavy atom. The van der Waals surface area contributed by atoms with Gasteiger partial charge in [0.15, 0.2) is 5.13 Å². The predicted octanol–water partition coefficient (Wildman–Crippen LogP) is 4.80. The van der Waals surface area contributed by atoms with Gasteiger partial charge in [0.05, 0.1) is 17.2 Å². The monoisotopic (exact) mass is 312 g/mol. The smallest absolute Gasteiger partial charge is 0.186 e. The van der Waals surface area contributed by atoms with E-state index in [0.29, 0.717) is 17.9 Å². The van der Waals surface area contributed by atoms with Crippen LogP contribution in [0.5, 0.6) is 0 Å². The van der Waals surface area contributed by atoms with Crippen molar-refractivity contribution >= 4 is 16.5 Å². The quantitative estimate of drug-likeness (QED) is 0.711. The predicted molar refractivity (Wildman–Crippen MR) is 93.3 cm³/mol. The van der Waals surface area contributed by atoms with Crippen molar-refractivity contribution in [1.82, 2.24) is 4.98 Å². The normalized spacial score (nSPS) is 13.2. The Morgan fingerprint density at radius 3 is 2.14 bits per heavy atom. The number of rotatable bonds is 9. The van der Waals surface area contributed by atoms with E-state index in [2.05, 4.69) is 46.4 Å². The summed E-state index contributed by atoms with van der Waals surface area (Å²) in [7, 11) is 0. The van der Waals surface area contributed by atoms with Crippen LogP contribution in [0.4, 0.5) is 5.13 Å². The molecule has 1 N–H and O–H groups in total. The van der Waals surface area contributed by atoms with Gasteiger partial charge in [-0.1, -0.05) is 52.9 Å². The van der Waals surface area contributed by atoms with Crippen LogP contribution in [-0.4, -0.2) is 22.7 Å². The summed E-state index contributed by atoms with van der Waals surface area (Å²) in [6.45, 7) is 14.5. The first-order valence-electron chi connectivity index (χ1n) is 8.35. The van der Waals surface area contributed by atoms with Crippen LogP contribution >= 0.6 is 11.3 Å². The van der Waals surface area contributed by atoms with Crippen molar-refractivity contribution in [3.05, 3.63) is 10.6 Å². The molecule has 3 nitrogen and oxygen atoms in total. The summed E-state index contributed by atoms with van der Waals surface area (Å²) in [5, 5.41) is 10.7. The van der Waals surface area contributed by atoms with Gasteiger partial charge in [-0.2, -0.15) is 0 Å². The van der Waals surface area contributed by atoms with Crippen molar-refractivity contribution in [2.75, 3.05) is 11.4 Å². The zero-order valence-electron chi connectivity index (χ0n) is 14.5. The fourth-order valence-corrected chi connectivity index (χ4v) is 3.79. The second-order valence-electron chi connectivity index (χ2n) is 6.29. The van der Waals surface area contributed by atoms with E-state index >= 15 is 0 Å². The topological polar surface area (TPSA) is 36.4 Å². The summed E-state index contributed by atoms with van der Waals surface area (Å²) in [5.41, 5.74) is 1.10. The fourth-order valence-electron chi connectivity index (χ4n) is 2.67. The highest BCUT2D eigenvalue weighted by Gasteiger charge is 2.23. The van der Waals surface area contributed by atoms with E-state index in [0.717, 1.165) is 41.5 Å². The molecule has 1 atom stereocenters. The Labute approximate surface area is 134 Å². The Bertz CT molecular complexity index is 413. The molecule has 0 fully saturated rings. The highest BCUT2D eigenvalue weighted by molar-refractivity contribution is 7.15. The second-order valence-corrected chi connectivity index (χ2v) is 7.35. The van der Waals surface area contributed by atoms with Crippen molar-refractivity contribution in [2.45, 2.75) is 79.4 Å². The molecule has 1 heterocycles. The maximum absolute atomic E-state index is 9.64. The summed E-state index contributed by atoms with van der Waals surface area (Å²) in [4.78, 5) is 8.41. The van der Waals surface area contributed by atoms with Gasteiger partial charge in [0.2, 0.25) is 0 Å². The van der Waals surface area contributed by atoms with E-state index in [1.54, 1.807) is 11.3 Å². The van der Waals surface area contributed by atoms with Gasteiger partial charge < -0.3 is 10.0 Å². The molecule has 21 heavy (non-hydrogen) atoms. The lowest BCUT2D eigenvalue weighted by Crippen LogP contribution is -2.37. The van der Waals surface area contributed by atoms with Gasteiger partial charge in [-0.25, -0.2) is 4.98 Å². The third-order valence-electron chi connectivity index (χ3n) is 4.13. The molecule has 4 heteroatoms. The Balaban J connectivity index is 3.15. The molecule has 1 unspecified atom stereocenters. The minimum Gasteiger partial charge on any atom is -0.391 e. The first-order chi connectivity index (χ1) is 9.98. The van der Waals surface area contributed by atoms with Crippen LogP contribution in [0.3, 0.4) is 0 Å². The van der Waals surface area contributed by atoms with Gasteiger partial charge in [0.25, 0.3) is 0 Å². The molecule has 0 saturated heterocycles. The van der Waals surface area contributed by atoms with Gasteiger partial charge in [0.1, 0.15) is 0 Å². The van der Waals surface area contributed by atoms with Crippen LogP contribution in [0, 0.1) is 5.92 Å². The first kappa shape index (κ1) is 18.4. The highest BCUT2D eigenvalue weighted by atomic mass is 32.1. The summed E-state index contributed by atoms with van der Waals surface area (Å²) in [5.74, 6) is 1.03. The maximum Gasteiger partial charge on any atom is 0.186 e. The van der Waals surface area contributed by atoms with Gasteiger partial charge in [-0.3, -0.25) is 0 Å². The summed E-state index contributed by atoms with van der Waals surface area (Å²) in [6.07, 6.45) is 3.33. The molecule has 0 aliphatic carbocycles. The molecule has 0 amide bonds. The first-order valence-corrected chi connectivity index (χ1v) is 9.16. The summed E-state index contributed by atoms with van der Waals surface area (Å²) in [6, 6.07) is 0.537. The molecule has 1 aromatic heterocycles. The SMILES string of the molecule is CCC(C)c1nc(N(CC(C)C)C(CC)CC)sc1CO. The van der Waals surface area contributed by atoms with Crippen LogP contribution in [-0.2, 0) is 6.61 Å². The van der Waals surface area contributed by atoms with Crippen molar-refractivity contribution in [3.63, 3.8) is 0 Å². The molecule has 0 aliphatic rings. The van der Waals surface area contributed by atoms with E-state index in [-0.39, 0.29) is 6.61 Å². The van der Waals surface area contributed by atoms with E-state index < -0.39 is 0 Å². The number of aliphatic hydroxyl groups excluding tert-OH is 1. The minimum atomic E-state index is 0.107. The lowest BCUT2D eigenvalue weighted by molar-refractivity contribution is 0.283. The van der Waals surface area contributed by atoms with Crippen molar-refractivity contribution in [2.24, 2.45) is 5.92 Å². The molecule has 0 aliphatic heterocycles. The molecule has 0 saturated carbocycles.